The second kappa shape index (κ2) is 10.3. The average Bonchev–Trinajstić information content (AvgIpc) is 2.76. The second-order valence-corrected chi connectivity index (χ2v) is 7.25. The number of halogens is 1. The van der Waals surface area contributed by atoms with Crippen molar-refractivity contribution in [3.05, 3.63) is 108 Å². The summed E-state index contributed by atoms with van der Waals surface area (Å²) in [6.07, 6.45) is 1.46. The molecule has 9 nitrogen and oxygen atoms in total. The molecule has 0 heterocycles. The van der Waals surface area contributed by atoms with Gasteiger partial charge in [0.05, 0.1) is 16.1 Å². The van der Waals surface area contributed by atoms with Crippen LogP contribution in [0.1, 0.15) is 16.7 Å². The summed E-state index contributed by atoms with van der Waals surface area (Å²) in [5.41, 5.74) is 1.87. The normalized spacial score (nSPS) is 10.7. The highest BCUT2D eigenvalue weighted by Gasteiger charge is 2.08. The highest BCUT2D eigenvalue weighted by atomic mass is 79.9. The van der Waals surface area contributed by atoms with Gasteiger partial charge >= 0.3 is 0 Å². The number of hydrogen-bond donors (Lipinski definition) is 0. The predicted molar refractivity (Wildman–Crippen MR) is 117 cm³/mol. The topological polar surface area (TPSA) is 117 Å². The molecule has 0 bridgehead atoms. The predicted octanol–water partition coefficient (Wildman–Crippen LogP) is 5.40. The van der Waals surface area contributed by atoms with Gasteiger partial charge in [-0.1, -0.05) is 45.4 Å². The lowest BCUT2D eigenvalue weighted by molar-refractivity contribution is -0.385. The molecule has 0 radical (unpaired) electrons. The zero-order valence-electron chi connectivity index (χ0n) is 16.0. The molecular formula is C21H16BrN3O6. The van der Waals surface area contributed by atoms with E-state index in [1.54, 1.807) is 42.5 Å². The summed E-state index contributed by atoms with van der Waals surface area (Å²) in [6.45, 7) is 0.203. The third kappa shape index (κ3) is 6.34. The zero-order chi connectivity index (χ0) is 22.2. The lowest BCUT2D eigenvalue weighted by Crippen LogP contribution is -2.00. The molecule has 3 aromatic carbocycles. The molecule has 3 rings (SSSR count). The molecule has 0 saturated heterocycles. The van der Waals surface area contributed by atoms with Crippen LogP contribution in [0.25, 0.3) is 0 Å². The summed E-state index contributed by atoms with van der Waals surface area (Å²) in [4.78, 5) is 26.1. The van der Waals surface area contributed by atoms with Gasteiger partial charge in [-0.15, -0.1) is 0 Å². The Labute approximate surface area is 185 Å². The van der Waals surface area contributed by atoms with E-state index in [1.165, 1.54) is 30.5 Å². The third-order valence-corrected chi connectivity index (χ3v) is 4.60. The first-order chi connectivity index (χ1) is 14.9. The highest BCUT2D eigenvalue weighted by molar-refractivity contribution is 9.10. The van der Waals surface area contributed by atoms with Crippen molar-refractivity contribution in [2.75, 3.05) is 0 Å². The molecule has 0 saturated carbocycles. The van der Waals surface area contributed by atoms with E-state index < -0.39 is 9.85 Å². The molecule has 0 aliphatic carbocycles. The Morgan fingerprint density at radius 2 is 1.48 bits per heavy atom. The van der Waals surface area contributed by atoms with Crippen molar-refractivity contribution in [2.24, 2.45) is 5.16 Å². The van der Waals surface area contributed by atoms with Gasteiger partial charge in [0.1, 0.15) is 19.0 Å². The fraction of sp³-hybridized carbons (Fsp3) is 0.0952. The maximum atomic E-state index is 10.9. The smallest absolute Gasteiger partial charge is 0.269 e. The van der Waals surface area contributed by atoms with Gasteiger partial charge in [0.15, 0.2) is 0 Å². The van der Waals surface area contributed by atoms with Crippen molar-refractivity contribution < 1.29 is 19.4 Å². The summed E-state index contributed by atoms with van der Waals surface area (Å²) in [7, 11) is 0. The summed E-state index contributed by atoms with van der Waals surface area (Å²) in [6, 6.07) is 17.6. The first-order valence-corrected chi connectivity index (χ1v) is 9.76. The SMILES string of the molecule is O=[N+]([O-])c1cccc(CO/N=C\c2cc(Br)ccc2OCc2cccc([N+](=O)[O-])c2)c1. The summed E-state index contributed by atoms with van der Waals surface area (Å²) in [5, 5.41) is 25.7. The molecular weight excluding hydrogens is 470 g/mol. The Morgan fingerprint density at radius 1 is 0.871 bits per heavy atom. The van der Waals surface area contributed by atoms with Crippen LogP contribution in [-0.4, -0.2) is 16.1 Å². The van der Waals surface area contributed by atoms with Gasteiger partial charge < -0.3 is 9.57 Å². The van der Waals surface area contributed by atoms with Gasteiger partial charge in [-0.2, -0.15) is 0 Å². The van der Waals surface area contributed by atoms with E-state index in [0.29, 0.717) is 22.4 Å². The van der Waals surface area contributed by atoms with E-state index in [-0.39, 0.29) is 24.6 Å². The third-order valence-electron chi connectivity index (χ3n) is 4.11. The van der Waals surface area contributed by atoms with Crippen LogP contribution in [0.4, 0.5) is 11.4 Å². The number of rotatable bonds is 9. The van der Waals surface area contributed by atoms with Crippen LogP contribution < -0.4 is 4.74 Å². The van der Waals surface area contributed by atoms with Gasteiger partial charge in [0.2, 0.25) is 0 Å². The van der Waals surface area contributed by atoms with Gasteiger partial charge in [-0.3, -0.25) is 20.2 Å². The van der Waals surface area contributed by atoms with Crippen molar-refractivity contribution in [1.82, 2.24) is 0 Å². The van der Waals surface area contributed by atoms with Crippen LogP contribution in [0.2, 0.25) is 0 Å². The van der Waals surface area contributed by atoms with Crippen LogP contribution in [0, 0.1) is 20.2 Å². The van der Waals surface area contributed by atoms with Gasteiger partial charge in [-0.05, 0) is 29.3 Å². The first-order valence-electron chi connectivity index (χ1n) is 8.97. The zero-order valence-corrected chi connectivity index (χ0v) is 17.6. The Bertz CT molecular complexity index is 1140. The van der Waals surface area contributed by atoms with Crippen molar-refractivity contribution in [2.45, 2.75) is 13.2 Å². The Morgan fingerprint density at radius 3 is 2.10 bits per heavy atom. The van der Waals surface area contributed by atoms with Crippen molar-refractivity contribution in [3.63, 3.8) is 0 Å². The lowest BCUT2D eigenvalue weighted by atomic mass is 10.2. The Hall–Kier alpha value is -3.79. The van der Waals surface area contributed by atoms with Crippen LogP contribution in [0.15, 0.2) is 76.4 Å². The molecule has 0 N–H and O–H groups in total. The molecule has 0 aliphatic rings. The fourth-order valence-electron chi connectivity index (χ4n) is 2.64. The molecule has 0 atom stereocenters. The standard InChI is InChI=1S/C21H16BrN3O6/c22-18-7-8-21(30-13-15-3-1-5-19(9-15)24(26)27)17(11-18)12-23-31-14-16-4-2-6-20(10-16)25(28)29/h1-12H,13-14H2/b23-12-. The molecule has 0 aromatic heterocycles. The molecule has 0 unspecified atom stereocenters. The van der Waals surface area contributed by atoms with Gasteiger partial charge in [0.25, 0.3) is 11.4 Å². The summed E-state index contributed by atoms with van der Waals surface area (Å²) >= 11 is 3.39. The summed E-state index contributed by atoms with van der Waals surface area (Å²) in [5.74, 6) is 0.511. The van der Waals surface area contributed by atoms with Gasteiger partial charge in [0, 0.05) is 34.3 Å². The number of nitro groups is 2. The number of nitrogens with zero attached hydrogens (tertiary/aromatic N) is 3. The van der Waals surface area contributed by atoms with E-state index in [9.17, 15) is 20.2 Å². The average molecular weight is 486 g/mol. The first kappa shape index (κ1) is 21.9. The molecule has 0 amide bonds. The number of benzene rings is 3. The molecule has 3 aromatic rings. The van der Waals surface area contributed by atoms with E-state index in [4.69, 9.17) is 9.57 Å². The number of ether oxygens (including phenoxy) is 1. The minimum atomic E-state index is -0.473. The number of hydrogen-bond acceptors (Lipinski definition) is 7. The van der Waals surface area contributed by atoms with E-state index in [0.717, 1.165) is 4.47 Å². The van der Waals surface area contributed by atoms with Crippen LogP contribution in [-0.2, 0) is 18.1 Å². The van der Waals surface area contributed by atoms with E-state index in [2.05, 4.69) is 21.1 Å². The molecule has 10 heteroatoms. The lowest BCUT2D eigenvalue weighted by Gasteiger charge is -2.09. The minimum Gasteiger partial charge on any atom is -0.488 e. The minimum absolute atomic E-state index is 0.00626. The molecule has 0 spiro atoms. The molecule has 158 valence electrons. The number of oxime groups is 1. The maximum Gasteiger partial charge on any atom is 0.269 e. The van der Waals surface area contributed by atoms with Gasteiger partial charge in [-0.25, -0.2) is 0 Å². The number of non-ortho nitro benzene ring substituents is 2. The Kier molecular flexibility index (Phi) is 7.28. The number of nitro benzene ring substituents is 2. The van der Waals surface area contributed by atoms with Crippen LogP contribution >= 0.6 is 15.9 Å². The molecule has 0 fully saturated rings. The van der Waals surface area contributed by atoms with Crippen molar-refractivity contribution in [3.8, 4) is 5.75 Å². The van der Waals surface area contributed by atoms with E-state index in [1.807, 2.05) is 0 Å². The van der Waals surface area contributed by atoms with Crippen LogP contribution in [0.3, 0.4) is 0 Å². The molecule has 0 aliphatic heterocycles. The molecule has 31 heavy (non-hydrogen) atoms. The Balaban J connectivity index is 1.65. The quantitative estimate of drug-likeness (QED) is 0.227. The highest BCUT2D eigenvalue weighted by Crippen LogP contribution is 2.24. The fourth-order valence-corrected chi connectivity index (χ4v) is 3.02. The van der Waals surface area contributed by atoms with Crippen molar-refractivity contribution in [1.29, 1.82) is 0 Å². The van der Waals surface area contributed by atoms with Crippen molar-refractivity contribution >= 4 is 33.5 Å². The van der Waals surface area contributed by atoms with E-state index >= 15 is 0 Å². The largest absolute Gasteiger partial charge is 0.488 e. The summed E-state index contributed by atoms with van der Waals surface area (Å²) < 4.78 is 6.61. The second-order valence-electron chi connectivity index (χ2n) is 6.33. The monoisotopic (exact) mass is 485 g/mol. The maximum absolute atomic E-state index is 10.9. The van der Waals surface area contributed by atoms with Crippen LogP contribution in [0.5, 0.6) is 5.75 Å².